The van der Waals surface area contributed by atoms with Crippen LogP contribution in [-0.4, -0.2) is 39.2 Å². The number of rotatable bonds is 5. The summed E-state index contributed by atoms with van der Waals surface area (Å²) in [5.74, 6) is -2.36. The van der Waals surface area contributed by atoms with Crippen LogP contribution in [0.3, 0.4) is 0 Å². The molecule has 1 N–H and O–H groups in total. The Bertz CT molecular complexity index is 608. The van der Waals surface area contributed by atoms with Crippen LogP contribution >= 0.6 is 11.6 Å². The van der Waals surface area contributed by atoms with Gasteiger partial charge in [0.1, 0.15) is 0 Å². The number of benzene rings is 1. The van der Waals surface area contributed by atoms with Gasteiger partial charge in [0.25, 0.3) is 0 Å². The van der Waals surface area contributed by atoms with E-state index in [4.69, 9.17) is 11.6 Å². The highest BCUT2D eigenvalue weighted by molar-refractivity contribution is 6.36. The minimum Gasteiger partial charge on any atom is -0.465 e. The van der Waals surface area contributed by atoms with Gasteiger partial charge >= 0.3 is 17.9 Å². The predicted molar refractivity (Wildman–Crippen MR) is 78.5 cm³/mol. The molecule has 22 heavy (non-hydrogen) atoms. The van der Waals surface area contributed by atoms with Crippen molar-refractivity contribution >= 4 is 35.2 Å². The molecule has 1 aromatic rings. The van der Waals surface area contributed by atoms with E-state index >= 15 is 0 Å². The topological polar surface area (TPSA) is 90.9 Å². The molecule has 0 atom stereocenters. The van der Waals surface area contributed by atoms with E-state index in [9.17, 15) is 14.4 Å². The number of nitrogens with one attached hydrogen (secondary N) is 1. The second-order valence-corrected chi connectivity index (χ2v) is 4.22. The number of carbonyl (C=O) groups is 3. The third-order valence-corrected chi connectivity index (χ3v) is 2.99. The number of methoxy groups -OCH3 is 3. The molecule has 0 aliphatic rings. The standard InChI is InChI=1S/C14H14ClNO6/c1-20-12(17)8-5-4-6-10(11(8)15)16-7-9(13(18)21-2)14(19)22-3/h4-7,16H,1-3H3. The first-order chi connectivity index (χ1) is 10.5. The van der Waals surface area contributed by atoms with Gasteiger partial charge in [0.05, 0.1) is 37.6 Å². The van der Waals surface area contributed by atoms with E-state index < -0.39 is 17.9 Å². The van der Waals surface area contributed by atoms with Gasteiger partial charge in [-0.25, -0.2) is 14.4 Å². The largest absolute Gasteiger partial charge is 0.465 e. The van der Waals surface area contributed by atoms with Crippen molar-refractivity contribution in [3.8, 4) is 0 Å². The first-order valence-corrected chi connectivity index (χ1v) is 6.34. The molecule has 0 saturated carbocycles. The van der Waals surface area contributed by atoms with Gasteiger partial charge in [-0.05, 0) is 12.1 Å². The maximum Gasteiger partial charge on any atom is 0.346 e. The van der Waals surface area contributed by atoms with Crippen molar-refractivity contribution in [3.63, 3.8) is 0 Å². The lowest BCUT2D eigenvalue weighted by Gasteiger charge is -2.09. The van der Waals surface area contributed by atoms with Crippen LogP contribution in [-0.2, 0) is 23.8 Å². The second kappa shape index (κ2) is 8.04. The van der Waals surface area contributed by atoms with E-state index in [0.717, 1.165) is 20.4 Å². The molecule has 0 spiro atoms. The van der Waals surface area contributed by atoms with E-state index in [1.165, 1.54) is 13.2 Å². The van der Waals surface area contributed by atoms with Crippen LogP contribution in [0.4, 0.5) is 5.69 Å². The van der Waals surface area contributed by atoms with Gasteiger partial charge in [-0.3, -0.25) is 0 Å². The minimum absolute atomic E-state index is 0.0830. The van der Waals surface area contributed by atoms with Crippen molar-refractivity contribution in [1.82, 2.24) is 0 Å². The van der Waals surface area contributed by atoms with Crippen LogP contribution in [0.5, 0.6) is 0 Å². The Balaban J connectivity index is 3.12. The zero-order chi connectivity index (χ0) is 16.7. The molecule has 0 unspecified atom stereocenters. The van der Waals surface area contributed by atoms with Gasteiger partial charge in [-0.2, -0.15) is 0 Å². The Morgan fingerprint density at radius 1 is 1.05 bits per heavy atom. The molecule has 1 rings (SSSR count). The zero-order valence-corrected chi connectivity index (χ0v) is 12.9. The maximum absolute atomic E-state index is 11.5. The van der Waals surface area contributed by atoms with Crippen LogP contribution < -0.4 is 5.32 Å². The normalized spacial score (nSPS) is 9.45. The Labute approximate surface area is 131 Å². The molecular formula is C14H14ClNO6. The van der Waals surface area contributed by atoms with E-state index in [2.05, 4.69) is 19.5 Å². The zero-order valence-electron chi connectivity index (χ0n) is 12.1. The number of hydrogen-bond donors (Lipinski definition) is 1. The molecular weight excluding hydrogens is 314 g/mol. The van der Waals surface area contributed by atoms with Crippen LogP contribution in [0.15, 0.2) is 30.0 Å². The molecule has 0 heterocycles. The number of halogens is 1. The molecule has 0 amide bonds. The summed E-state index contributed by atoms with van der Waals surface area (Å²) in [6.45, 7) is 0. The molecule has 7 nitrogen and oxygen atoms in total. The van der Waals surface area contributed by atoms with Gasteiger partial charge in [0.2, 0.25) is 0 Å². The molecule has 1 aromatic carbocycles. The van der Waals surface area contributed by atoms with Crippen molar-refractivity contribution < 1.29 is 28.6 Å². The average molecular weight is 328 g/mol. The number of hydrogen-bond acceptors (Lipinski definition) is 7. The summed E-state index contributed by atoms with van der Waals surface area (Å²) in [6.07, 6.45) is 1.08. The summed E-state index contributed by atoms with van der Waals surface area (Å²) < 4.78 is 13.6. The monoisotopic (exact) mass is 327 g/mol. The summed E-state index contributed by atoms with van der Waals surface area (Å²) in [5, 5.41) is 2.74. The van der Waals surface area contributed by atoms with Crippen molar-refractivity contribution in [2.24, 2.45) is 0 Å². The van der Waals surface area contributed by atoms with Crippen LogP contribution in [0.1, 0.15) is 10.4 Å². The molecule has 0 aromatic heterocycles. The second-order valence-electron chi connectivity index (χ2n) is 3.84. The van der Waals surface area contributed by atoms with E-state index in [1.54, 1.807) is 12.1 Å². The van der Waals surface area contributed by atoms with Crippen molar-refractivity contribution in [2.45, 2.75) is 0 Å². The minimum atomic E-state index is -0.875. The number of esters is 3. The lowest BCUT2D eigenvalue weighted by atomic mass is 10.2. The van der Waals surface area contributed by atoms with Crippen molar-refractivity contribution in [1.29, 1.82) is 0 Å². The highest BCUT2D eigenvalue weighted by Crippen LogP contribution is 2.26. The lowest BCUT2D eigenvalue weighted by Crippen LogP contribution is -2.17. The van der Waals surface area contributed by atoms with E-state index in [1.807, 2.05) is 0 Å². The molecule has 0 aliphatic heterocycles. The Morgan fingerprint density at radius 2 is 1.64 bits per heavy atom. The lowest BCUT2D eigenvalue weighted by molar-refractivity contribution is -0.144. The summed E-state index contributed by atoms with van der Waals surface area (Å²) in [5.41, 5.74) is 0.0830. The van der Waals surface area contributed by atoms with Gasteiger partial charge in [0.15, 0.2) is 5.57 Å². The summed E-state index contributed by atoms with van der Waals surface area (Å²) in [7, 11) is 3.49. The summed E-state index contributed by atoms with van der Waals surface area (Å²) >= 11 is 6.07. The molecule has 0 fully saturated rings. The Hall–Kier alpha value is -2.54. The molecule has 8 heteroatoms. The number of ether oxygens (including phenoxy) is 3. The molecule has 0 aliphatic carbocycles. The van der Waals surface area contributed by atoms with Gasteiger partial charge in [-0.15, -0.1) is 0 Å². The maximum atomic E-state index is 11.5. The van der Waals surface area contributed by atoms with Crippen LogP contribution in [0.2, 0.25) is 5.02 Å². The number of anilines is 1. The SMILES string of the molecule is COC(=O)C(=CNc1cccc(C(=O)OC)c1Cl)C(=O)OC. The molecule has 0 bridgehead atoms. The highest BCUT2D eigenvalue weighted by Gasteiger charge is 2.20. The predicted octanol–water partition coefficient (Wildman–Crippen LogP) is 1.77. The van der Waals surface area contributed by atoms with E-state index in [0.29, 0.717) is 5.69 Å². The average Bonchev–Trinajstić information content (AvgIpc) is 2.54. The first-order valence-electron chi connectivity index (χ1n) is 5.96. The fraction of sp³-hybridized carbons (Fsp3) is 0.214. The van der Waals surface area contributed by atoms with Crippen LogP contribution in [0.25, 0.3) is 0 Å². The third kappa shape index (κ3) is 3.98. The van der Waals surface area contributed by atoms with Gasteiger partial charge < -0.3 is 19.5 Å². The first kappa shape index (κ1) is 17.5. The Morgan fingerprint density at radius 3 is 2.14 bits per heavy atom. The fourth-order valence-electron chi connectivity index (χ4n) is 1.48. The molecule has 0 saturated heterocycles. The van der Waals surface area contributed by atoms with Gasteiger partial charge in [0, 0.05) is 6.20 Å². The third-order valence-electron chi connectivity index (χ3n) is 2.59. The van der Waals surface area contributed by atoms with Gasteiger partial charge in [-0.1, -0.05) is 17.7 Å². The highest BCUT2D eigenvalue weighted by atomic mass is 35.5. The Kier molecular flexibility index (Phi) is 6.40. The van der Waals surface area contributed by atoms with Crippen LogP contribution in [0, 0.1) is 0 Å². The van der Waals surface area contributed by atoms with E-state index in [-0.39, 0.29) is 16.2 Å². The quantitative estimate of drug-likeness (QED) is 0.290. The number of carbonyl (C=O) groups excluding carboxylic acids is 3. The summed E-state index contributed by atoms with van der Waals surface area (Å²) in [4.78, 5) is 34.5. The smallest absolute Gasteiger partial charge is 0.346 e. The molecule has 118 valence electrons. The fourth-order valence-corrected chi connectivity index (χ4v) is 1.74. The van der Waals surface area contributed by atoms with Crippen molar-refractivity contribution in [2.75, 3.05) is 26.6 Å². The van der Waals surface area contributed by atoms with Crippen molar-refractivity contribution in [3.05, 3.63) is 40.6 Å². The summed E-state index contributed by atoms with van der Waals surface area (Å²) in [6, 6.07) is 4.59. The molecule has 0 radical (unpaired) electrons.